The van der Waals surface area contributed by atoms with Gasteiger partial charge in [-0.25, -0.2) is 19.2 Å². The highest BCUT2D eigenvalue weighted by atomic mass is 16.6. The van der Waals surface area contributed by atoms with E-state index < -0.39 is 46.3 Å². The Bertz CT molecular complexity index is 1060. The van der Waals surface area contributed by atoms with Gasteiger partial charge in [-0.2, -0.15) is 0 Å². The Morgan fingerprint density at radius 1 is 0.333 bits per heavy atom. The van der Waals surface area contributed by atoms with Crippen molar-refractivity contribution >= 4 is 23.9 Å². The molecular formula is C34H44O8. The van der Waals surface area contributed by atoms with Gasteiger partial charge in [-0.1, -0.05) is 0 Å². The lowest BCUT2D eigenvalue weighted by atomic mass is 9.52. The minimum Gasteiger partial charge on any atom is -0.451 e. The van der Waals surface area contributed by atoms with Crippen LogP contribution in [0.15, 0.2) is 0 Å². The topological polar surface area (TPSA) is 105 Å². The molecule has 12 fully saturated rings. The largest absolute Gasteiger partial charge is 0.451 e. The van der Waals surface area contributed by atoms with Crippen LogP contribution in [0.2, 0.25) is 0 Å². The minimum absolute atomic E-state index is 0.227. The molecule has 12 aliphatic carbocycles. The Balaban J connectivity index is 0.867. The van der Waals surface area contributed by atoms with E-state index in [-0.39, 0.29) is 11.8 Å². The van der Waals surface area contributed by atoms with E-state index in [1.165, 1.54) is 38.5 Å². The molecule has 12 rings (SSSR count). The lowest BCUT2D eigenvalue weighted by molar-refractivity contribution is -0.239. The van der Waals surface area contributed by atoms with Crippen molar-refractivity contribution in [2.24, 2.45) is 47.3 Å². The monoisotopic (exact) mass is 580 g/mol. The second-order valence-corrected chi connectivity index (χ2v) is 17.1. The molecule has 0 aromatic heterocycles. The van der Waals surface area contributed by atoms with E-state index in [4.69, 9.17) is 18.9 Å². The predicted octanol–water partition coefficient (Wildman–Crippen LogP) is 5.19. The summed E-state index contributed by atoms with van der Waals surface area (Å²) >= 11 is 0. The minimum atomic E-state index is -0.907. The predicted molar refractivity (Wildman–Crippen MR) is 146 cm³/mol. The van der Waals surface area contributed by atoms with E-state index in [1.54, 1.807) is 0 Å². The Morgan fingerprint density at radius 3 is 0.833 bits per heavy atom. The zero-order valence-corrected chi connectivity index (χ0v) is 24.6. The maximum absolute atomic E-state index is 13.3. The summed E-state index contributed by atoms with van der Waals surface area (Å²) in [6.07, 6.45) is 16.5. The summed E-state index contributed by atoms with van der Waals surface area (Å²) in [6, 6.07) is 0. The van der Waals surface area contributed by atoms with Crippen LogP contribution >= 0.6 is 0 Å². The Labute approximate surface area is 247 Å². The molecular weight excluding hydrogens is 536 g/mol. The molecule has 8 nitrogen and oxygen atoms in total. The van der Waals surface area contributed by atoms with Crippen LogP contribution in [0, 0.1) is 47.3 Å². The number of hydrogen-bond acceptors (Lipinski definition) is 8. The van der Waals surface area contributed by atoms with Crippen LogP contribution in [0.5, 0.6) is 0 Å². The number of hydrogen-bond donors (Lipinski definition) is 0. The van der Waals surface area contributed by atoms with Gasteiger partial charge in [-0.15, -0.1) is 0 Å². The van der Waals surface area contributed by atoms with Crippen molar-refractivity contribution < 1.29 is 38.1 Å². The molecule has 0 radical (unpaired) electrons. The average Bonchev–Trinajstić information content (AvgIpc) is 2.85. The highest BCUT2D eigenvalue weighted by Crippen LogP contribution is 2.61. The lowest BCUT2D eigenvalue weighted by Gasteiger charge is -2.60. The van der Waals surface area contributed by atoms with Crippen LogP contribution in [0.1, 0.15) is 116 Å². The third-order valence-corrected chi connectivity index (χ3v) is 13.5. The van der Waals surface area contributed by atoms with Crippen LogP contribution in [0.3, 0.4) is 0 Å². The van der Waals surface area contributed by atoms with Crippen LogP contribution in [0.4, 0.5) is 0 Å². The first kappa shape index (κ1) is 26.3. The molecule has 42 heavy (non-hydrogen) atoms. The van der Waals surface area contributed by atoms with Crippen molar-refractivity contribution in [3.8, 4) is 0 Å². The highest BCUT2D eigenvalue weighted by Gasteiger charge is 2.63. The molecule has 228 valence electrons. The number of ether oxygens (including phenoxy) is 4. The van der Waals surface area contributed by atoms with E-state index in [2.05, 4.69) is 0 Å². The standard InChI is InChI=1S/C34H44O8/c35-27(39-31-8-19-1-20(9-31)3-21(2-19)10-31)29(37)41-33-14-25-7-26(15-33)17-34(16-25,18-33)42-30(38)28(36)40-32-11-22-4-23(12-32)6-24(5-22)13-32/h19-26H,1-18H2. The van der Waals surface area contributed by atoms with Crippen LogP contribution in [-0.2, 0) is 38.1 Å². The Hall–Kier alpha value is -2.12. The zero-order chi connectivity index (χ0) is 28.5. The Morgan fingerprint density at radius 2 is 0.548 bits per heavy atom. The SMILES string of the molecule is O=C(OC12CC3CC(CC(C3)C1)C2)C(=O)OC12CC3CC(C1)CC(OC(=O)C(=O)OC14CC5CC(CC(C5)C1)C4)(C3)C2. The number of carbonyl (C=O) groups excluding carboxylic acids is 4. The molecule has 0 atom stereocenters. The molecule has 8 heteroatoms. The van der Waals surface area contributed by atoms with E-state index >= 15 is 0 Å². The second-order valence-electron chi connectivity index (χ2n) is 17.1. The quantitative estimate of drug-likeness (QED) is 0.254. The molecule has 0 saturated heterocycles. The van der Waals surface area contributed by atoms with Crippen molar-refractivity contribution in [2.75, 3.05) is 0 Å². The third kappa shape index (κ3) is 4.27. The van der Waals surface area contributed by atoms with Gasteiger partial charge < -0.3 is 18.9 Å². The number of carbonyl (C=O) groups is 4. The van der Waals surface area contributed by atoms with Crippen LogP contribution < -0.4 is 0 Å². The highest BCUT2D eigenvalue weighted by molar-refractivity contribution is 6.30. The summed E-state index contributed by atoms with van der Waals surface area (Å²) in [5.41, 5.74) is -2.71. The summed E-state index contributed by atoms with van der Waals surface area (Å²) in [7, 11) is 0. The van der Waals surface area contributed by atoms with Gasteiger partial charge in [0.05, 0.1) is 0 Å². The Kier molecular flexibility index (Phi) is 5.47. The maximum atomic E-state index is 13.3. The fraction of sp³-hybridized carbons (Fsp3) is 0.882. The van der Waals surface area contributed by atoms with E-state index in [0.29, 0.717) is 67.6 Å². The number of rotatable bonds is 4. The average molecular weight is 581 g/mol. The van der Waals surface area contributed by atoms with Crippen molar-refractivity contribution in [3.63, 3.8) is 0 Å². The fourth-order valence-corrected chi connectivity index (χ4v) is 13.6. The van der Waals surface area contributed by atoms with Gasteiger partial charge in [0.2, 0.25) is 0 Å². The summed E-state index contributed by atoms with van der Waals surface area (Å²) in [5.74, 6) is 0.538. The van der Waals surface area contributed by atoms with Gasteiger partial charge in [-0.05, 0) is 156 Å². The molecule has 0 aromatic rings. The molecule has 0 aromatic carbocycles. The molecule has 0 N–H and O–H groups in total. The maximum Gasteiger partial charge on any atom is 0.418 e. The molecule has 0 aliphatic heterocycles. The summed E-state index contributed by atoms with van der Waals surface area (Å²) in [5, 5.41) is 0. The summed E-state index contributed by atoms with van der Waals surface area (Å²) in [6.45, 7) is 0. The molecule has 0 amide bonds. The van der Waals surface area contributed by atoms with Crippen molar-refractivity contribution in [1.29, 1.82) is 0 Å². The first-order valence-corrected chi connectivity index (χ1v) is 17.0. The molecule has 0 heterocycles. The van der Waals surface area contributed by atoms with E-state index in [9.17, 15) is 19.2 Å². The normalized spacial score (nSPS) is 51.8. The molecule has 0 unspecified atom stereocenters. The van der Waals surface area contributed by atoms with Crippen LogP contribution in [0.25, 0.3) is 0 Å². The lowest BCUT2D eigenvalue weighted by Crippen LogP contribution is -2.62. The second kappa shape index (κ2) is 8.74. The smallest absolute Gasteiger partial charge is 0.418 e. The van der Waals surface area contributed by atoms with Gasteiger partial charge in [0, 0.05) is 6.42 Å². The van der Waals surface area contributed by atoms with Gasteiger partial charge >= 0.3 is 23.9 Å². The summed E-state index contributed by atoms with van der Waals surface area (Å²) < 4.78 is 24.1. The first-order valence-electron chi connectivity index (χ1n) is 17.0. The third-order valence-electron chi connectivity index (χ3n) is 13.5. The fourth-order valence-electron chi connectivity index (χ4n) is 13.6. The molecule has 0 spiro atoms. The molecule has 12 bridgehead atoms. The van der Waals surface area contributed by atoms with E-state index in [1.807, 2.05) is 0 Å². The number of esters is 4. The molecule has 12 aliphatic rings. The first-order chi connectivity index (χ1) is 20.1. The van der Waals surface area contributed by atoms with Gasteiger partial charge in [0.25, 0.3) is 0 Å². The summed E-state index contributed by atoms with van der Waals surface area (Å²) in [4.78, 5) is 52.8. The van der Waals surface area contributed by atoms with Gasteiger partial charge in [-0.3, -0.25) is 0 Å². The van der Waals surface area contributed by atoms with Crippen molar-refractivity contribution in [3.05, 3.63) is 0 Å². The van der Waals surface area contributed by atoms with Gasteiger partial charge in [0.1, 0.15) is 22.4 Å². The van der Waals surface area contributed by atoms with Crippen molar-refractivity contribution in [2.45, 2.75) is 138 Å². The molecule has 12 saturated carbocycles. The van der Waals surface area contributed by atoms with Crippen molar-refractivity contribution in [1.82, 2.24) is 0 Å². The van der Waals surface area contributed by atoms with Gasteiger partial charge in [0.15, 0.2) is 0 Å². The van der Waals surface area contributed by atoms with E-state index in [0.717, 1.165) is 44.9 Å². The van der Waals surface area contributed by atoms with Crippen LogP contribution in [-0.4, -0.2) is 46.3 Å². The zero-order valence-electron chi connectivity index (χ0n) is 24.6.